The van der Waals surface area contributed by atoms with Crippen LogP contribution in [0.15, 0.2) is 49.3 Å². The van der Waals surface area contributed by atoms with Gasteiger partial charge in [-0.2, -0.15) is 0 Å². The summed E-state index contributed by atoms with van der Waals surface area (Å²) < 4.78 is 13.6. The summed E-state index contributed by atoms with van der Waals surface area (Å²) in [7, 11) is 0. The Bertz CT molecular complexity index is 779. The second-order valence-electron chi connectivity index (χ2n) is 6.11. The number of anilines is 1. The van der Waals surface area contributed by atoms with Crippen molar-refractivity contribution in [2.45, 2.75) is 32.2 Å². The number of hydrogen-bond donors (Lipinski definition) is 2. The fraction of sp³-hybridized carbons (Fsp3) is 0.300. The number of benzene rings is 1. The van der Waals surface area contributed by atoms with Crippen molar-refractivity contribution < 1.29 is 14.3 Å². The number of nitrogens with zero attached hydrogens (tertiary/aromatic N) is 2. The molecule has 0 aliphatic carbocycles. The molecule has 6 heteroatoms. The summed E-state index contributed by atoms with van der Waals surface area (Å²) in [6, 6.07) is 5.56. The minimum Gasteiger partial charge on any atom is -0.465 e. The minimum absolute atomic E-state index is 0.391. The molecular weight excluding hydrogens is 333 g/mol. The predicted molar refractivity (Wildman–Crippen MR) is 101 cm³/mol. The topological polar surface area (TPSA) is 79.5 Å². The standard InChI is InChI=1S/C20H24FN3O2/c1-3-5-9-24(20(25)26)19(6-4-2)15-10-14(12-23-13-15)17-11-16(21)7-8-18(17)22/h4,7-8,10-13,19H,2-3,5-6,9,22H2,1H3,(H,25,26). The average molecular weight is 357 g/mol. The molecule has 1 unspecified atom stereocenters. The van der Waals surface area contributed by atoms with E-state index in [-0.39, 0.29) is 0 Å². The van der Waals surface area contributed by atoms with Crippen molar-refractivity contribution in [1.82, 2.24) is 9.88 Å². The number of aromatic nitrogens is 1. The van der Waals surface area contributed by atoms with Crippen molar-refractivity contribution in [1.29, 1.82) is 0 Å². The molecule has 0 bridgehead atoms. The fourth-order valence-electron chi connectivity index (χ4n) is 2.88. The van der Waals surface area contributed by atoms with E-state index in [4.69, 9.17) is 5.73 Å². The van der Waals surface area contributed by atoms with E-state index >= 15 is 0 Å². The van der Waals surface area contributed by atoms with E-state index in [1.54, 1.807) is 18.5 Å². The first-order valence-corrected chi connectivity index (χ1v) is 8.58. The maximum atomic E-state index is 13.6. The second kappa shape index (κ2) is 8.99. The number of carboxylic acid groups (broad SMARTS) is 1. The molecule has 0 saturated carbocycles. The Morgan fingerprint density at radius 1 is 1.42 bits per heavy atom. The van der Waals surface area contributed by atoms with Gasteiger partial charge in [0.2, 0.25) is 0 Å². The van der Waals surface area contributed by atoms with Gasteiger partial charge in [-0.05, 0) is 42.7 Å². The van der Waals surface area contributed by atoms with Gasteiger partial charge in [-0.3, -0.25) is 4.98 Å². The van der Waals surface area contributed by atoms with Crippen molar-refractivity contribution in [3.8, 4) is 11.1 Å². The number of pyridine rings is 1. The Morgan fingerprint density at radius 2 is 2.19 bits per heavy atom. The summed E-state index contributed by atoms with van der Waals surface area (Å²) in [6.45, 7) is 6.18. The Morgan fingerprint density at radius 3 is 2.85 bits per heavy atom. The lowest BCUT2D eigenvalue weighted by Gasteiger charge is -2.29. The summed E-state index contributed by atoms with van der Waals surface area (Å²) >= 11 is 0. The van der Waals surface area contributed by atoms with Crippen LogP contribution in [0.3, 0.4) is 0 Å². The SMILES string of the molecule is C=CCC(c1cncc(-c2cc(F)ccc2N)c1)N(CCCC)C(=O)O. The van der Waals surface area contributed by atoms with Crippen LogP contribution in [-0.2, 0) is 0 Å². The van der Waals surface area contributed by atoms with E-state index in [0.29, 0.717) is 29.8 Å². The Hall–Kier alpha value is -2.89. The predicted octanol–water partition coefficient (Wildman–Crippen LogP) is 4.87. The van der Waals surface area contributed by atoms with E-state index in [9.17, 15) is 14.3 Å². The van der Waals surface area contributed by atoms with Gasteiger partial charge in [0.1, 0.15) is 5.82 Å². The Kier molecular flexibility index (Phi) is 6.72. The maximum Gasteiger partial charge on any atom is 0.407 e. The normalized spacial score (nSPS) is 11.8. The van der Waals surface area contributed by atoms with Gasteiger partial charge in [-0.15, -0.1) is 6.58 Å². The average Bonchev–Trinajstić information content (AvgIpc) is 2.63. The van der Waals surface area contributed by atoms with Crippen molar-refractivity contribution >= 4 is 11.8 Å². The molecule has 0 spiro atoms. The third-order valence-electron chi connectivity index (χ3n) is 4.23. The van der Waals surface area contributed by atoms with E-state index in [2.05, 4.69) is 11.6 Å². The lowest BCUT2D eigenvalue weighted by molar-refractivity contribution is 0.123. The summed E-state index contributed by atoms with van der Waals surface area (Å²) in [4.78, 5) is 17.4. The molecule has 138 valence electrons. The van der Waals surface area contributed by atoms with Crippen LogP contribution in [0.2, 0.25) is 0 Å². The van der Waals surface area contributed by atoms with Gasteiger partial charge in [-0.1, -0.05) is 19.4 Å². The number of unbranched alkanes of at least 4 members (excludes halogenated alkanes) is 1. The van der Waals surface area contributed by atoms with Crippen molar-refractivity contribution in [3.63, 3.8) is 0 Å². The number of nitrogen functional groups attached to an aromatic ring is 1. The molecule has 0 aliphatic heterocycles. The first-order chi connectivity index (χ1) is 12.5. The van der Waals surface area contributed by atoms with E-state index in [1.165, 1.54) is 23.1 Å². The molecule has 1 amide bonds. The van der Waals surface area contributed by atoms with Gasteiger partial charge >= 0.3 is 6.09 Å². The second-order valence-corrected chi connectivity index (χ2v) is 6.11. The van der Waals surface area contributed by atoms with Gasteiger partial charge in [0.15, 0.2) is 0 Å². The lowest BCUT2D eigenvalue weighted by Crippen LogP contribution is -2.34. The zero-order chi connectivity index (χ0) is 19.1. The molecule has 3 N–H and O–H groups in total. The van der Waals surface area contributed by atoms with Crippen LogP contribution in [-0.4, -0.2) is 27.6 Å². The number of nitrogens with two attached hydrogens (primary N) is 1. The van der Waals surface area contributed by atoms with Crippen molar-refractivity contribution in [2.24, 2.45) is 0 Å². The number of carbonyl (C=O) groups is 1. The summed E-state index contributed by atoms with van der Waals surface area (Å²) in [5.74, 6) is -0.391. The summed E-state index contributed by atoms with van der Waals surface area (Å²) in [5.41, 5.74) is 8.31. The molecule has 0 radical (unpaired) electrons. The van der Waals surface area contributed by atoms with Gasteiger partial charge in [0, 0.05) is 35.8 Å². The van der Waals surface area contributed by atoms with E-state index in [0.717, 1.165) is 18.4 Å². The third kappa shape index (κ3) is 4.59. The largest absolute Gasteiger partial charge is 0.465 e. The maximum absolute atomic E-state index is 13.6. The zero-order valence-electron chi connectivity index (χ0n) is 14.9. The first kappa shape index (κ1) is 19.4. The third-order valence-corrected chi connectivity index (χ3v) is 4.23. The zero-order valence-corrected chi connectivity index (χ0v) is 14.9. The number of halogens is 1. The van der Waals surface area contributed by atoms with Crippen LogP contribution in [0.1, 0.15) is 37.8 Å². The Labute approximate surface area is 153 Å². The molecule has 0 fully saturated rings. The van der Waals surface area contributed by atoms with Crippen molar-refractivity contribution in [2.75, 3.05) is 12.3 Å². The number of amides is 1. The van der Waals surface area contributed by atoms with E-state index < -0.39 is 18.0 Å². The number of rotatable bonds is 8. The smallest absolute Gasteiger partial charge is 0.407 e. The van der Waals surface area contributed by atoms with Crippen LogP contribution in [0.4, 0.5) is 14.9 Å². The molecule has 1 atom stereocenters. The monoisotopic (exact) mass is 357 g/mol. The molecule has 1 aromatic carbocycles. The lowest BCUT2D eigenvalue weighted by atomic mass is 9.98. The summed E-state index contributed by atoms with van der Waals surface area (Å²) in [6.07, 6.45) is 6.05. The molecule has 0 saturated heterocycles. The van der Waals surface area contributed by atoms with Crippen LogP contribution < -0.4 is 5.73 Å². The summed E-state index contributed by atoms with van der Waals surface area (Å²) in [5, 5.41) is 9.63. The molecule has 2 aromatic rings. The minimum atomic E-state index is -0.985. The highest BCUT2D eigenvalue weighted by atomic mass is 19.1. The van der Waals surface area contributed by atoms with Crippen LogP contribution in [0.25, 0.3) is 11.1 Å². The quantitative estimate of drug-likeness (QED) is 0.522. The van der Waals surface area contributed by atoms with Gasteiger partial charge in [0.05, 0.1) is 6.04 Å². The fourth-order valence-corrected chi connectivity index (χ4v) is 2.88. The van der Waals surface area contributed by atoms with Crippen molar-refractivity contribution in [3.05, 3.63) is 60.7 Å². The van der Waals surface area contributed by atoms with E-state index in [1.807, 2.05) is 13.0 Å². The van der Waals surface area contributed by atoms with Crippen LogP contribution in [0.5, 0.6) is 0 Å². The highest BCUT2D eigenvalue weighted by Gasteiger charge is 2.24. The molecule has 1 heterocycles. The molecule has 0 aliphatic rings. The molecule has 1 aromatic heterocycles. The van der Waals surface area contributed by atoms with Crippen LogP contribution in [0, 0.1) is 5.82 Å². The molecule has 26 heavy (non-hydrogen) atoms. The molecule has 2 rings (SSSR count). The van der Waals surface area contributed by atoms with Gasteiger partial charge in [0.25, 0.3) is 0 Å². The number of hydrogen-bond acceptors (Lipinski definition) is 3. The highest BCUT2D eigenvalue weighted by Crippen LogP contribution is 2.31. The van der Waals surface area contributed by atoms with Crippen LogP contribution >= 0.6 is 0 Å². The van der Waals surface area contributed by atoms with Gasteiger partial charge < -0.3 is 15.7 Å². The Balaban J connectivity index is 2.45. The highest BCUT2D eigenvalue weighted by molar-refractivity contribution is 5.76. The van der Waals surface area contributed by atoms with Gasteiger partial charge in [-0.25, -0.2) is 9.18 Å². The molecular formula is C20H24FN3O2. The molecule has 5 nitrogen and oxygen atoms in total. The first-order valence-electron chi connectivity index (χ1n) is 8.58.